The molecule has 0 saturated heterocycles. The Morgan fingerprint density at radius 2 is 1.88 bits per heavy atom. The summed E-state index contributed by atoms with van der Waals surface area (Å²) in [6.45, 7) is 7.30. The number of nitrogens with one attached hydrogen (secondary N) is 1. The van der Waals surface area contributed by atoms with Crippen molar-refractivity contribution >= 4 is 11.8 Å². The molecule has 0 fully saturated rings. The van der Waals surface area contributed by atoms with Crippen LogP contribution in [-0.2, 0) is 5.41 Å². The Labute approximate surface area is 109 Å². The van der Waals surface area contributed by atoms with Gasteiger partial charge < -0.3 is 11.1 Å². The Morgan fingerprint density at radius 1 is 1.24 bits per heavy atom. The Morgan fingerprint density at radius 3 is 2.41 bits per heavy atom. The molecular weight excluding hydrogens is 228 g/mol. The van der Waals surface area contributed by atoms with Gasteiger partial charge in [-0.15, -0.1) is 11.8 Å². The van der Waals surface area contributed by atoms with E-state index in [0.29, 0.717) is 0 Å². The second-order valence-corrected chi connectivity index (χ2v) is 5.81. The average Bonchev–Trinajstić information content (AvgIpc) is 2.35. The summed E-state index contributed by atoms with van der Waals surface area (Å²) in [7, 11) is 0. The molecule has 1 rings (SSSR count). The summed E-state index contributed by atoms with van der Waals surface area (Å²) in [4.78, 5) is 1.32. The van der Waals surface area contributed by atoms with Crippen LogP contribution in [0.15, 0.2) is 29.2 Å². The first kappa shape index (κ1) is 14.6. The van der Waals surface area contributed by atoms with E-state index in [-0.39, 0.29) is 5.41 Å². The Hall–Kier alpha value is -0.510. The molecule has 0 heterocycles. The van der Waals surface area contributed by atoms with Gasteiger partial charge in [0.25, 0.3) is 0 Å². The van der Waals surface area contributed by atoms with Gasteiger partial charge in [-0.05, 0) is 43.5 Å². The molecule has 0 amide bonds. The number of benzene rings is 1. The lowest BCUT2D eigenvalue weighted by atomic mass is 9.84. The first-order chi connectivity index (χ1) is 8.10. The van der Waals surface area contributed by atoms with Gasteiger partial charge in [0.15, 0.2) is 0 Å². The van der Waals surface area contributed by atoms with Gasteiger partial charge in [-0.25, -0.2) is 0 Å². The predicted molar refractivity (Wildman–Crippen MR) is 77.8 cm³/mol. The first-order valence-electron chi connectivity index (χ1n) is 6.15. The quantitative estimate of drug-likeness (QED) is 0.579. The smallest absolute Gasteiger partial charge is 0.00693 e. The number of nitrogens with two attached hydrogens (primary N) is 1. The lowest BCUT2D eigenvalue weighted by molar-refractivity contribution is 0.467. The standard InChI is InChI=1S/C14H24N2S/c1-14(2,11-16-10-4-9-15)12-5-7-13(17-3)8-6-12/h5-8,16H,4,9-11,15H2,1-3H3. The van der Waals surface area contributed by atoms with Crippen molar-refractivity contribution in [3.05, 3.63) is 29.8 Å². The summed E-state index contributed by atoms with van der Waals surface area (Å²) in [6.07, 6.45) is 3.15. The predicted octanol–water partition coefficient (Wildman–Crippen LogP) is 2.62. The van der Waals surface area contributed by atoms with Crippen LogP contribution >= 0.6 is 11.8 Å². The largest absolute Gasteiger partial charge is 0.330 e. The second kappa shape index (κ2) is 7.04. The fourth-order valence-corrected chi connectivity index (χ4v) is 2.18. The fraction of sp³-hybridized carbons (Fsp3) is 0.571. The van der Waals surface area contributed by atoms with Gasteiger partial charge >= 0.3 is 0 Å². The third-order valence-electron chi connectivity index (χ3n) is 3.00. The molecule has 3 N–H and O–H groups in total. The zero-order chi connectivity index (χ0) is 12.7. The second-order valence-electron chi connectivity index (χ2n) is 4.93. The van der Waals surface area contributed by atoms with Gasteiger partial charge in [0.2, 0.25) is 0 Å². The maximum absolute atomic E-state index is 5.48. The molecule has 0 saturated carbocycles. The molecule has 96 valence electrons. The van der Waals surface area contributed by atoms with Crippen LogP contribution in [0.25, 0.3) is 0 Å². The molecule has 3 heteroatoms. The number of hydrogen-bond donors (Lipinski definition) is 2. The third kappa shape index (κ3) is 4.70. The molecule has 0 aromatic heterocycles. The molecular formula is C14H24N2S. The van der Waals surface area contributed by atoms with E-state index in [2.05, 4.69) is 49.7 Å². The van der Waals surface area contributed by atoms with E-state index in [4.69, 9.17) is 5.73 Å². The summed E-state index contributed by atoms with van der Waals surface area (Å²) in [6, 6.07) is 8.86. The van der Waals surface area contributed by atoms with Crippen molar-refractivity contribution in [2.45, 2.75) is 30.6 Å². The van der Waals surface area contributed by atoms with Crippen LogP contribution < -0.4 is 11.1 Å². The maximum Gasteiger partial charge on any atom is 0.00693 e. The van der Waals surface area contributed by atoms with E-state index in [9.17, 15) is 0 Å². The van der Waals surface area contributed by atoms with Gasteiger partial charge in [-0.2, -0.15) is 0 Å². The molecule has 0 radical (unpaired) electrons. The molecule has 1 aromatic rings. The lowest BCUT2D eigenvalue weighted by Gasteiger charge is -2.26. The molecule has 17 heavy (non-hydrogen) atoms. The highest BCUT2D eigenvalue weighted by Gasteiger charge is 2.19. The molecule has 0 spiro atoms. The van der Waals surface area contributed by atoms with Gasteiger partial charge in [-0.3, -0.25) is 0 Å². The fourth-order valence-electron chi connectivity index (χ4n) is 1.77. The minimum Gasteiger partial charge on any atom is -0.330 e. The minimum atomic E-state index is 0.172. The molecule has 0 unspecified atom stereocenters. The van der Waals surface area contributed by atoms with Gasteiger partial charge in [0, 0.05) is 16.9 Å². The Balaban J connectivity index is 2.55. The summed E-state index contributed by atoms with van der Waals surface area (Å²) >= 11 is 1.78. The van der Waals surface area contributed by atoms with Gasteiger partial charge in [0.1, 0.15) is 0 Å². The minimum absolute atomic E-state index is 0.172. The maximum atomic E-state index is 5.48. The van der Waals surface area contributed by atoms with Gasteiger partial charge in [-0.1, -0.05) is 26.0 Å². The SMILES string of the molecule is CSc1ccc(C(C)(C)CNCCCN)cc1. The van der Waals surface area contributed by atoms with Crippen LogP contribution in [0.2, 0.25) is 0 Å². The number of thioether (sulfide) groups is 1. The van der Waals surface area contributed by atoms with E-state index in [1.54, 1.807) is 11.8 Å². The van der Waals surface area contributed by atoms with E-state index in [1.807, 2.05) is 0 Å². The zero-order valence-electron chi connectivity index (χ0n) is 11.1. The number of hydrogen-bond acceptors (Lipinski definition) is 3. The van der Waals surface area contributed by atoms with Crippen LogP contribution in [0, 0.1) is 0 Å². The third-order valence-corrected chi connectivity index (χ3v) is 3.74. The van der Waals surface area contributed by atoms with Crippen molar-refractivity contribution in [1.82, 2.24) is 5.32 Å². The molecule has 0 atom stereocenters. The molecule has 1 aromatic carbocycles. The molecule has 0 aliphatic rings. The van der Waals surface area contributed by atoms with E-state index < -0.39 is 0 Å². The first-order valence-corrected chi connectivity index (χ1v) is 7.38. The Kier molecular flexibility index (Phi) is 6.03. The average molecular weight is 252 g/mol. The van der Waals surface area contributed by atoms with Crippen molar-refractivity contribution < 1.29 is 0 Å². The molecule has 0 bridgehead atoms. The highest BCUT2D eigenvalue weighted by Crippen LogP contribution is 2.24. The van der Waals surface area contributed by atoms with Crippen molar-refractivity contribution in [1.29, 1.82) is 0 Å². The monoisotopic (exact) mass is 252 g/mol. The highest BCUT2D eigenvalue weighted by atomic mass is 32.2. The highest BCUT2D eigenvalue weighted by molar-refractivity contribution is 7.98. The van der Waals surface area contributed by atoms with Gasteiger partial charge in [0.05, 0.1) is 0 Å². The van der Waals surface area contributed by atoms with Crippen LogP contribution in [0.4, 0.5) is 0 Å². The van der Waals surface area contributed by atoms with Crippen LogP contribution in [-0.4, -0.2) is 25.9 Å². The van der Waals surface area contributed by atoms with Crippen molar-refractivity contribution in [3.8, 4) is 0 Å². The van der Waals surface area contributed by atoms with Crippen LogP contribution in [0.5, 0.6) is 0 Å². The lowest BCUT2D eigenvalue weighted by Crippen LogP contribution is -2.34. The van der Waals surface area contributed by atoms with E-state index >= 15 is 0 Å². The molecule has 2 nitrogen and oxygen atoms in total. The van der Waals surface area contributed by atoms with E-state index in [0.717, 1.165) is 26.1 Å². The summed E-state index contributed by atoms with van der Waals surface area (Å²) in [5.41, 5.74) is 7.04. The molecule has 0 aliphatic heterocycles. The Bertz CT molecular complexity index is 319. The van der Waals surface area contributed by atoms with Crippen molar-refractivity contribution in [2.24, 2.45) is 5.73 Å². The van der Waals surface area contributed by atoms with Crippen LogP contribution in [0.3, 0.4) is 0 Å². The van der Waals surface area contributed by atoms with Crippen molar-refractivity contribution in [3.63, 3.8) is 0 Å². The number of rotatable bonds is 7. The molecule has 0 aliphatic carbocycles. The van der Waals surface area contributed by atoms with Crippen LogP contribution in [0.1, 0.15) is 25.8 Å². The van der Waals surface area contributed by atoms with E-state index in [1.165, 1.54) is 10.5 Å². The topological polar surface area (TPSA) is 38.0 Å². The zero-order valence-corrected chi connectivity index (χ0v) is 11.9. The summed E-state index contributed by atoms with van der Waals surface area (Å²) < 4.78 is 0. The normalized spacial score (nSPS) is 11.8. The summed E-state index contributed by atoms with van der Waals surface area (Å²) in [5.74, 6) is 0. The summed E-state index contributed by atoms with van der Waals surface area (Å²) in [5, 5.41) is 3.47. The van der Waals surface area contributed by atoms with Crippen molar-refractivity contribution in [2.75, 3.05) is 25.9 Å².